The maximum atomic E-state index is 11.1. The second-order valence-electron chi connectivity index (χ2n) is 2.58. The van der Waals surface area contributed by atoms with Crippen molar-refractivity contribution in [3.63, 3.8) is 0 Å². The van der Waals surface area contributed by atoms with Gasteiger partial charge in [0.1, 0.15) is 0 Å². The molecule has 1 aromatic carbocycles. The quantitative estimate of drug-likeness (QED) is 0.791. The standard InChI is InChI=1S/C8H8Cl2O4S/c1-13-7-4-5(15(10,11)12)3-6(9)8(7)14-2/h3-4H,1-2H3. The van der Waals surface area contributed by atoms with E-state index in [2.05, 4.69) is 0 Å². The summed E-state index contributed by atoms with van der Waals surface area (Å²) >= 11 is 5.79. The molecule has 0 aliphatic heterocycles. The average molecular weight is 271 g/mol. The largest absolute Gasteiger partial charge is 0.493 e. The van der Waals surface area contributed by atoms with Crippen molar-refractivity contribution in [2.45, 2.75) is 4.90 Å². The summed E-state index contributed by atoms with van der Waals surface area (Å²) in [6, 6.07) is 2.44. The molecule has 0 spiro atoms. The maximum absolute atomic E-state index is 11.1. The lowest BCUT2D eigenvalue weighted by atomic mass is 10.3. The minimum absolute atomic E-state index is 0.121. The summed E-state index contributed by atoms with van der Waals surface area (Å²) in [5, 5.41) is 0.121. The van der Waals surface area contributed by atoms with Gasteiger partial charge in [-0.25, -0.2) is 8.42 Å². The summed E-state index contributed by atoms with van der Waals surface area (Å²) in [5.41, 5.74) is 0. The number of halogens is 2. The highest BCUT2D eigenvalue weighted by atomic mass is 35.7. The van der Waals surface area contributed by atoms with Crippen molar-refractivity contribution in [2.24, 2.45) is 0 Å². The maximum Gasteiger partial charge on any atom is 0.261 e. The Bertz CT molecular complexity index is 470. The molecular formula is C8H8Cl2O4S. The van der Waals surface area contributed by atoms with Crippen LogP contribution in [0.5, 0.6) is 11.5 Å². The number of ether oxygens (including phenoxy) is 2. The lowest BCUT2D eigenvalue weighted by molar-refractivity contribution is 0.354. The molecule has 84 valence electrons. The SMILES string of the molecule is COc1cc(S(=O)(=O)Cl)cc(Cl)c1OC. The van der Waals surface area contributed by atoms with E-state index >= 15 is 0 Å². The third kappa shape index (κ3) is 2.68. The van der Waals surface area contributed by atoms with Crippen LogP contribution in [0.3, 0.4) is 0 Å². The zero-order valence-corrected chi connectivity index (χ0v) is 10.3. The van der Waals surface area contributed by atoms with E-state index in [0.29, 0.717) is 0 Å². The van der Waals surface area contributed by atoms with Crippen molar-refractivity contribution in [1.82, 2.24) is 0 Å². The van der Waals surface area contributed by atoms with Gasteiger partial charge < -0.3 is 9.47 Å². The minimum Gasteiger partial charge on any atom is -0.493 e. The fraction of sp³-hybridized carbons (Fsp3) is 0.250. The van der Waals surface area contributed by atoms with Gasteiger partial charge in [-0.1, -0.05) is 11.6 Å². The molecule has 0 atom stereocenters. The van der Waals surface area contributed by atoms with Crippen LogP contribution in [0.2, 0.25) is 5.02 Å². The molecular weight excluding hydrogens is 263 g/mol. The Balaban J connectivity index is 3.45. The summed E-state index contributed by atoms with van der Waals surface area (Å²) in [6.07, 6.45) is 0. The van der Waals surface area contributed by atoms with Crippen molar-refractivity contribution in [1.29, 1.82) is 0 Å². The molecule has 0 fully saturated rings. The molecule has 0 N–H and O–H groups in total. The fourth-order valence-electron chi connectivity index (χ4n) is 1.04. The highest BCUT2D eigenvalue weighted by Gasteiger charge is 2.17. The number of hydrogen-bond donors (Lipinski definition) is 0. The number of benzene rings is 1. The van der Waals surface area contributed by atoms with Crippen molar-refractivity contribution >= 4 is 31.3 Å². The molecule has 0 radical (unpaired) electrons. The van der Waals surface area contributed by atoms with E-state index in [1.54, 1.807) is 0 Å². The van der Waals surface area contributed by atoms with Crippen LogP contribution in [0.25, 0.3) is 0 Å². The van der Waals surface area contributed by atoms with Gasteiger partial charge in [-0.2, -0.15) is 0 Å². The molecule has 4 nitrogen and oxygen atoms in total. The van der Waals surface area contributed by atoms with Gasteiger partial charge in [0, 0.05) is 16.7 Å². The molecule has 0 amide bonds. The first-order valence-corrected chi connectivity index (χ1v) is 6.45. The first-order chi connectivity index (χ1) is 6.90. The normalized spacial score (nSPS) is 11.2. The topological polar surface area (TPSA) is 52.6 Å². The first kappa shape index (κ1) is 12.4. The van der Waals surface area contributed by atoms with Crippen LogP contribution >= 0.6 is 22.3 Å². The van der Waals surface area contributed by atoms with Crippen LogP contribution in [0.4, 0.5) is 0 Å². The number of methoxy groups -OCH3 is 2. The van der Waals surface area contributed by atoms with E-state index in [1.807, 2.05) is 0 Å². The Morgan fingerprint density at radius 1 is 1.20 bits per heavy atom. The monoisotopic (exact) mass is 270 g/mol. The van der Waals surface area contributed by atoms with E-state index < -0.39 is 9.05 Å². The number of hydrogen-bond acceptors (Lipinski definition) is 4. The first-order valence-electron chi connectivity index (χ1n) is 3.76. The Labute approximate surface area is 97.1 Å². The van der Waals surface area contributed by atoms with Crippen LogP contribution < -0.4 is 9.47 Å². The highest BCUT2D eigenvalue weighted by Crippen LogP contribution is 2.37. The lowest BCUT2D eigenvalue weighted by Gasteiger charge is -2.10. The Kier molecular flexibility index (Phi) is 3.70. The van der Waals surface area contributed by atoms with Gasteiger partial charge in [-0.05, 0) is 6.07 Å². The molecule has 0 aliphatic rings. The lowest BCUT2D eigenvalue weighted by Crippen LogP contribution is -1.96. The van der Waals surface area contributed by atoms with Gasteiger partial charge in [0.25, 0.3) is 9.05 Å². The van der Waals surface area contributed by atoms with Crippen molar-refractivity contribution in [3.8, 4) is 11.5 Å². The van der Waals surface area contributed by atoms with Gasteiger partial charge in [0.2, 0.25) is 0 Å². The zero-order chi connectivity index (χ0) is 11.6. The van der Waals surface area contributed by atoms with Crippen LogP contribution in [0, 0.1) is 0 Å². The van der Waals surface area contributed by atoms with E-state index in [0.717, 1.165) is 0 Å². The molecule has 0 aliphatic carbocycles. The molecule has 1 aromatic rings. The summed E-state index contributed by atoms with van der Waals surface area (Å²) < 4.78 is 32.0. The smallest absolute Gasteiger partial charge is 0.261 e. The Morgan fingerprint density at radius 2 is 1.80 bits per heavy atom. The van der Waals surface area contributed by atoms with Crippen LogP contribution in [0.1, 0.15) is 0 Å². The third-order valence-electron chi connectivity index (χ3n) is 1.69. The van der Waals surface area contributed by atoms with E-state index in [1.165, 1.54) is 26.4 Å². The van der Waals surface area contributed by atoms with E-state index in [9.17, 15) is 8.42 Å². The van der Waals surface area contributed by atoms with Gasteiger partial charge in [-0.3, -0.25) is 0 Å². The second kappa shape index (κ2) is 4.47. The second-order valence-corrected chi connectivity index (χ2v) is 5.55. The molecule has 0 bridgehead atoms. The van der Waals surface area contributed by atoms with Gasteiger partial charge in [0.15, 0.2) is 11.5 Å². The predicted molar refractivity (Wildman–Crippen MR) is 57.6 cm³/mol. The summed E-state index contributed by atoms with van der Waals surface area (Å²) in [7, 11) is 4.12. The Morgan fingerprint density at radius 3 is 2.20 bits per heavy atom. The average Bonchev–Trinajstić information content (AvgIpc) is 2.15. The molecule has 7 heteroatoms. The van der Waals surface area contributed by atoms with Crippen molar-refractivity contribution in [2.75, 3.05) is 14.2 Å². The molecule has 0 saturated heterocycles. The van der Waals surface area contributed by atoms with E-state index in [-0.39, 0.29) is 21.4 Å². The predicted octanol–water partition coefficient (Wildman–Crippen LogP) is 2.28. The highest BCUT2D eigenvalue weighted by molar-refractivity contribution is 8.13. The van der Waals surface area contributed by atoms with Crippen LogP contribution in [-0.2, 0) is 9.05 Å². The third-order valence-corrected chi connectivity index (χ3v) is 3.30. The molecule has 1 rings (SSSR count). The summed E-state index contributed by atoms with van der Waals surface area (Å²) in [5.74, 6) is 0.479. The van der Waals surface area contributed by atoms with Crippen LogP contribution in [-0.4, -0.2) is 22.6 Å². The minimum atomic E-state index is -3.83. The van der Waals surface area contributed by atoms with Gasteiger partial charge in [0.05, 0.1) is 24.1 Å². The summed E-state index contributed by atoms with van der Waals surface area (Å²) in [4.78, 5) is -0.133. The van der Waals surface area contributed by atoms with Crippen LogP contribution in [0.15, 0.2) is 17.0 Å². The molecule has 15 heavy (non-hydrogen) atoms. The zero-order valence-electron chi connectivity index (χ0n) is 7.95. The summed E-state index contributed by atoms with van der Waals surface area (Å²) in [6.45, 7) is 0. The number of rotatable bonds is 3. The molecule has 0 heterocycles. The molecule has 0 unspecified atom stereocenters. The van der Waals surface area contributed by atoms with Gasteiger partial charge in [-0.15, -0.1) is 0 Å². The van der Waals surface area contributed by atoms with Gasteiger partial charge >= 0.3 is 0 Å². The fourth-order valence-corrected chi connectivity index (χ4v) is 2.16. The molecule has 0 saturated carbocycles. The van der Waals surface area contributed by atoms with E-state index in [4.69, 9.17) is 31.8 Å². The van der Waals surface area contributed by atoms with Crippen molar-refractivity contribution < 1.29 is 17.9 Å². The molecule has 0 aromatic heterocycles. The van der Waals surface area contributed by atoms with Crippen molar-refractivity contribution in [3.05, 3.63) is 17.2 Å². The Hall–Kier alpha value is -0.650.